The number of carboxylic acid groups (broad SMARTS) is 1. The molecule has 0 aromatic carbocycles. The van der Waals surface area contributed by atoms with Crippen LogP contribution in [0.5, 0.6) is 0 Å². The van der Waals surface area contributed by atoms with E-state index in [-0.39, 0.29) is 12.8 Å². The lowest BCUT2D eigenvalue weighted by Gasteiger charge is -2.18. The number of nitrogens with one attached hydrogen (secondary N) is 1. The highest BCUT2D eigenvalue weighted by Crippen LogP contribution is 2.43. The summed E-state index contributed by atoms with van der Waals surface area (Å²) >= 11 is 0. The quantitative estimate of drug-likeness (QED) is 0.0202. The van der Waals surface area contributed by atoms with E-state index in [1.807, 2.05) is 0 Å². The summed E-state index contributed by atoms with van der Waals surface area (Å²) in [5.74, 6) is -2.42. The van der Waals surface area contributed by atoms with Crippen molar-refractivity contribution in [3.8, 4) is 0 Å². The number of carbonyl (C=O) groups excluding carboxylic acids is 2. The number of esters is 1. The summed E-state index contributed by atoms with van der Waals surface area (Å²) in [5.41, 5.74) is 0. The summed E-state index contributed by atoms with van der Waals surface area (Å²) in [6.07, 6.45) is 45.3. The smallest absolute Gasteiger partial charge is 0.472 e. The number of hydrogen-bond donors (Lipinski definition) is 4. The second-order valence-corrected chi connectivity index (χ2v) is 16.0. The van der Waals surface area contributed by atoms with Crippen LogP contribution in [0.3, 0.4) is 0 Å². The Morgan fingerprint density at radius 2 is 1.02 bits per heavy atom. The first kappa shape index (κ1) is 54.2. The van der Waals surface area contributed by atoms with Crippen molar-refractivity contribution in [3.05, 3.63) is 60.8 Å². The van der Waals surface area contributed by atoms with Crippen LogP contribution in [-0.4, -0.2) is 64.9 Å². The molecule has 0 spiro atoms. The highest BCUT2D eigenvalue weighted by Gasteiger charge is 2.28. The van der Waals surface area contributed by atoms with Gasteiger partial charge in [-0.3, -0.25) is 18.6 Å². The first-order valence-electron chi connectivity index (χ1n) is 21.8. The molecule has 4 N–H and O–H groups in total. The van der Waals surface area contributed by atoms with Crippen LogP contribution in [0.1, 0.15) is 174 Å². The molecule has 3 atom stereocenters. The summed E-state index contributed by atoms with van der Waals surface area (Å²) in [7, 11) is -4.77. The van der Waals surface area contributed by atoms with Gasteiger partial charge in [0.2, 0.25) is 5.91 Å². The van der Waals surface area contributed by atoms with Crippen molar-refractivity contribution in [2.24, 2.45) is 0 Å². The lowest BCUT2D eigenvalue weighted by molar-refractivity contribution is -0.147. The second kappa shape index (κ2) is 40.0. The van der Waals surface area contributed by atoms with Crippen LogP contribution in [0.15, 0.2) is 60.8 Å². The van der Waals surface area contributed by atoms with Crippen molar-refractivity contribution in [2.45, 2.75) is 187 Å². The molecule has 1 amide bonds. The van der Waals surface area contributed by atoms with Gasteiger partial charge >= 0.3 is 19.8 Å². The average Bonchev–Trinajstić information content (AvgIpc) is 3.18. The zero-order chi connectivity index (χ0) is 42.1. The van der Waals surface area contributed by atoms with Gasteiger partial charge in [-0.25, -0.2) is 9.36 Å². The van der Waals surface area contributed by atoms with Gasteiger partial charge in [-0.15, -0.1) is 0 Å². The third-order valence-corrected chi connectivity index (χ3v) is 10.0. The number of aliphatic hydroxyl groups is 1. The molecule has 328 valence electrons. The zero-order valence-corrected chi connectivity index (χ0v) is 36.3. The molecule has 0 heterocycles. The highest BCUT2D eigenvalue weighted by atomic mass is 31.2. The third-order valence-electron chi connectivity index (χ3n) is 9.07. The van der Waals surface area contributed by atoms with Crippen LogP contribution < -0.4 is 5.32 Å². The van der Waals surface area contributed by atoms with Crippen LogP contribution >= 0.6 is 7.82 Å². The van der Waals surface area contributed by atoms with E-state index in [1.165, 1.54) is 64.2 Å². The fourth-order valence-electron chi connectivity index (χ4n) is 5.69. The minimum Gasteiger partial charge on any atom is -0.480 e. The predicted octanol–water partition coefficient (Wildman–Crippen LogP) is 11.2. The summed E-state index contributed by atoms with van der Waals surface area (Å²) in [6.45, 7) is 2.45. The molecule has 0 bridgehead atoms. The Morgan fingerprint density at radius 1 is 0.579 bits per heavy atom. The number of unbranched alkanes of at least 4 members (excludes halogenated alkanes) is 16. The molecule has 0 saturated carbocycles. The number of carboxylic acids is 1. The Hall–Kier alpha value is -2.82. The number of aliphatic carboxylic acids is 1. The number of carbonyl (C=O) groups is 3. The standard InChI is InChI=1S/C45H78NO10P/c1-3-5-7-9-11-13-15-17-19-20-21-22-23-24-26-28-30-32-34-36-43(48)46-42(45(50)51)40-56-57(52,53)55-39-41(47)38-54-44(49)37-35-33-31-29-27-25-18-16-14-12-10-8-6-4-2/h5,7,11,13,17,19,21-22,24,26,41-42,47H,3-4,6,8-10,12,14-16,18,20,23,25,27-40H2,1-2H3,(H,46,48)(H,50,51)(H,52,53)/b7-5-,13-11-,19-17-,22-21-,26-24-. The maximum atomic E-state index is 12.3. The molecule has 0 aliphatic heterocycles. The second-order valence-electron chi connectivity index (χ2n) is 14.5. The normalized spacial score (nSPS) is 14.3. The summed E-state index contributed by atoms with van der Waals surface area (Å²) in [4.78, 5) is 45.9. The molecule has 0 fully saturated rings. The molecule has 0 aliphatic rings. The van der Waals surface area contributed by atoms with Crippen LogP contribution in [-0.2, 0) is 32.7 Å². The number of amides is 1. The van der Waals surface area contributed by atoms with Crippen LogP contribution in [0.4, 0.5) is 0 Å². The maximum Gasteiger partial charge on any atom is 0.472 e. The number of ether oxygens (including phenoxy) is 1. The van der Waals surface area contributed by atoms with Crippen molar-refractivity contribution in [2.75, 3.05) is 19.8 Å². The van der Waals surface area contributed by atoms with Gasteiger partial charge in [0.25, 0.3) is 0 Å². The van der Waals surface area contributed by atoms with Crippen LogP contribution in [0, 0.1) is 0 Å². The minimum atomic E-state index is -4.77. The Balaban J connectivity index is 3.98. The van der Waals surface area contributed by atoms with E-state index in [0.717, 1.165) is 70.6 Å². The third kappa shape index (κ3) is 39.8. The monoisotopic (exact) mass is 824 g/mol. The lowest BCUT2D eigenvalue weighted by Crippen LogP contribution is -2.43. The Labute approximate surface area is 345 Å². The van der Waals surface area contributed by atoms with Gasteiger partial charge in [-0.1, -0.05) is 164 Å². The van der Waals surface area contributed by atoms with E-state index in [4.69, 9.17) is 13.8 Å². The molecule has 12 heteroatoms. The number of phosphoric acid groups is 1. The molecule has 0 radical (unpaired) electrons. The molecule has 0 saturated heterocycles. The van der Waals surface area contributed by atoms with E-state index < -0.39 is 57.6 Å². The fraction of sp³-hybridized carbons (Fsp3) is 0.711. The molecular weight excluding hydrogens is 745 g/mol. The number of phosphoric ester groups is 1. The molecule has 11 nitrogen and oxygen atoms in total. The van der Waals surface area contributed by atoms with Gasteiger partial charge in [-0.05, 0) is 57.8 Å². The number of allylic oxidation sites excluding steroid dienone is 10. The van der Waals surface area contributed by atoms with E-state index >= 15 is 0 Å². The van der Waals surface area contributed by atoms with Crippen molar-refractivity contribution in [1.82, 2.24) is 5.32 Å². The van der Waals surface area contributed by atoms with Crippen molar-refractivity contribution in [1.29, 1.82) is 0 Å². The van der Waals surface area contributed by atoms with Crippen molar-refractivity contribution >= 4 is 25.7 Å². The summed E-state index contributed by atoms with van der Waals surface area (Å²) in [5, 5.41) is 21.8. The number of aliphatic hydroxyl groups excluding tert-OH is 1. The first-order valence-corrected chi connectivity index (χ1v) is 23.3. The van der Waals surface area contributed by atoms with Gasteiger partial charge in [0.15, 0.2) is 6.04 Å². The summed E-state index contributed by atoms with van der Waals surface area (Å²) in [6, 6.07) is -1.57. The summed E-state index contributed by atoms with van der Waals surface area (Å²) < 4.78 is 26.8. The molecule has 3 unspecified atom stereocenters. The van der Waals surface area contributed by atoms with E-state index in [0.29, 0.717) is 12.8 Å². The van der Waals surface area contributed by atoms with Gasteiger partial charge in [-0.2, -0.15) is 0 Å². The molecular formula is C45H78NO10P. The van der Waals surface area contributed by atoms with Crippen molar-refractivity contribution in [3.63, 3.8) is 0 Å². The van der Waals surface area contributed by atoms with E-state index in [9.17, 15) is 34.1 Å². The van der Waals surface area contributed by atoms with E-state index in [1.54, 1.807) is 0 Å². The topological polar surface area (TPSA) is 169 Å². The SMILES string of the molecule is CC/C=C\C/C=C\C/C=C\C/C=C\C/C=C\CCCCCC(=O)NC(COP(=O)(O)OCC(O)COC(=O)CCCCCCCCCCCCCCCC)C(=O)O. The maximum absolute atomic E-state index is 12.3. The highest BCUT2D eigenvalue weighted by molar-refractivity contribution is 7.47. The van der Waals surface area contributed by atoms with Crippen LogP contribution in [0.2, 0.25) is 0 Å². The molecule has 57 heavy (non-hydrogen) atoms. The lowest BCUT2D eigenvalue weighted by atomic mass is 10.0. The first-order chi connectivity index (χ1) is 27.6. The van der Waals surface area contributed by atoms with E-state index in [2.05, 4.69) is 79.9 Å². The molecule has 0 rings (SSSR count). The van der Waals surface area contributed by atoms with Gasteiger partial charge in [0, 0.05) is 12.8 Å². The Bertz CT molecular complexity index is 1200. The van der Waals surface area contributed by atoms with Crippen molar-refractivity contribution < 1.29 is 47.8 Å². The largest absolute Gasteiger partial charge is 0.480 e. The molecule has 0 aliphatic carbocycles. The zero-order valence-electron chi connectivity index (χ0n) is 35.4. The van der Waals surface area contributed by atoms with Gasteiger partial charge in [0.1, 0.15) is 12.7 Å². The number of hydrogen-bond acceptors (Lipinski definition) is 8. The van der Waals surface area contributed by atoms with Crippen LogP contribution in [0.25, 0.3) is 0 Å². The predicted molar refractivity (Wildman–Crippen MR) is 231 cm³/mol. The minimum absolute atomic E-state index is 0.104. The Morgan fingerprint density at radius 3 is 1.53 bits per heavy atom. The number of rotatable bonds is 40. The fourth-order valence-corrected chi connectivity index (χ4v) is 6.47. The van der Waals surface area contributed by atoms with Gasteiger partial charge < -0.3 is 25.2 Å². The average molecular weight is 824 g/mol. The molecule has 0 aromatic heterocycles. The molecule has 0 aromatic rings. The Kier molecular flexibility index (Phi) is 38.0. The van der Waals surface area contributed by atoms with Gasteiger partial charge in [0.05, 0.1) is 13.2 Å².